The fraction of sp³-hybridized carbons (Fsp3) is 0.630. The molecular formula is C27H41N5O5Si. The molecule has 0 unspecified atom stereocenters. The number of imide groups is 1. The minimum atomic E-state index is -1.26. The van der Waals surface area contributed by atoms with Crippen LogP contribution in [0.15, 0.2) is 24.5 Å². The molecule has 4 amide bonds. The number of piperidine rings is 1. The van der Waals surface area contributed by atoms with Gasteiger partial charge in [-0.1, -0.05) is 19.6 Å². The smallest absolute Gasteiger partial charge is 0.410 e. The highest BCUT2D eigenvalue weighted by molar-refractivity contribution is 6.76. The Morgan fingerprint density at radius 1 is 1.11 bits per heavy atom. The minimum Gasteiger partial charge on any atom is -0.444 e. The van der Waals surface area contributed by atoms with E-state index in [0.29, 0.717) is 26.2 Å². The Balaban J connectivity index is 1.45. The van der Waals surface area contributed by atoms with Crippen LogP contribution in [0.1, 0.15) is 46.1 Å². The van der Waals surface area contributed by atoms with Gasteiger partial charge in [-0.15, -0.1) is 0 Å². The van der Waals surface area contributed by atoms with Gasteiger partial charge in [0.05, 0.1) is 5.69 Å². The molecule has 2 aromatic heterocycles. The van der Waals surface area contributed by atoms with E-state index >= 15 is 0 Å². The van der Waals surface area contributed by atoms with Crippen LogP contribution in [0.3, 0.4) is 0 Å². The van der Waals surface area contributed by atoms with Crippen LogP contribution >= 0.6 is 0 Å². The van der Waals surface area contributed by atoms with E-state index in [0.717, 1.165) is 35.6 Å². The van der Waals surface area contributed by atoms with Gasteiger partial charge in [-0.2, -0.15) is 0 Å². The van der Waals surface area contributed by atoms with Gasteiger partial charge in [0.2, 0.25) is 5.91 Å². The molecule has 208 valence electrons. The first-order valence-electron chi connectivity index (χ1n) is 13.5. The number of carbonyl (C=O) groups excluding carboxylic acids is 3. The molecule has 4 rings (SSSR count). The Labute approximate surface area is 225 Å². The Kier molecular flexibility index (Phi) is 8.17. The van der Waals surface area contributed by atoms with E-state index in [4.69, 9.17) is 9.47 Å². The van der Waals surface area contributed by atoms with Gasteiger partial charge in [0, 0.05) is 64.6 Å². The molecule has 0 bridgehead atoms. The van der Waals surface area contributed by atoms with E-state index in [1.807, 2.05) is 39.1 Å². The summed E-state index contributed by atoms with van der Waals surface area (Å²) in [6.45, 7) is 14.5. The van der Waals surface area contributed by atoms with Crippen molar-refractivity contribution >= 4 is 42.8 Å². The lowest BCUT2D eigenvalue weighted by Gasteiger charge is -2.35. The summed E-state index contributed by atoms with van der Waals surface area (Å²) < 4.78 is 13.4. The van der Waals surface area contributed by atoms with Gasteiger partial charge in [-0.25, -0.2) is 19.5 Å². The zero-order valence-electron chi connectivity index (χ0n) is 23.5. The normalized spacial score (nSPS) is 18.0. The summed E-state index contributed by atoms with van der Waals surface area (Å²) in [7, 11) is -1.26. The molecule has 0 atom stereocenters. The number of ether oxygens (including phenoxy) is 2. The number of anilines is 1. The van der Waals surface area contributed by atoms with Crippen LogP contribution in [0, 0.1) is 0 Å². The number of urea groups is 1. The van der Waals surface area contributed by atoms with E-state index in [1.54, 1.807) is 16.0 Å². The molecule has 2 aliphatic rings. The van der Waals surface area contributed by atoms with Crippen LogP contribution < -0.4 is 4.90 Å². The van der Waals surface area contributed by atoms with Gasteiger partial charge >= 0.3 is 12.1 Å². The summed E-state index contributed by atoms with van der Waals surface area (Å²) in [4.78, 5) is 47.6. The first kappa shape index (κ1) is 28.1. The maximum Gasteiger partial charge on any atom is 0.410 e. The average Bonchev–Trinajstić information content (AvgIpc) is 3.26. The molecule has 4 heterocycles. The van der Waals surface area contributed by atoms with E-state index in [1.165, 1.54) is 4.90 Å². The Morgan fingerprint density at radius 2 is 1.82 bits per heavy atom. The van der Waals surface area contributed by atoms with Gasteiger partial charge in [-0.3, -0.25) is 9.69 Å². The number of rotatable bonds is 7. The number of amides is 4. The predicted molar refractivity (Wildman–Crippen MR) is 149 cm³/mol. The molecule has 0 radical (unpaired) electrons. The first-order valence-corrected chi connectivity index (χ1v) is 17.2. The molecule has 10 nitrogen and oxygen atoms in total. The summed E-state index contributed by atoms with van der Waals surface area (Å²) >= 11 is 0. The SMILES string of the molecule is CC(C)(C)OC(=O)N1CCC(n2ccc3c(N4CCC(=O)N(COCC[Si](C)(C)C)C4=O)ccnc32)CC1. The van der Waals surface area contributed by atoms with Crippen molar-refractivity contribution in [2.24, 2.45) is 0 Å². The van der Waals surface area contributed by atoms with Gasteiger partial charge in [0.25, 0.3) is 0 Å². The van der Waals surface area contributed by atoms with Crippen molar-refractivity contribution in [1.82, 2.24) is 19.4 Å². The molecule has 0 spiro atoms. The lowest BCUT2D eigenvalue weighted by atomic mass is 10.1. The van der Waals surface area contributed by atoms with Crippen molar-refractivity contribution in [3.63, 3.8) is 0 Å². The summed E-state index contributed by atoms with van der Waals surface area (Å²) in [5, 5.41) is 0.865. The van der Waals surface area contributed by atoms with Crippen LogP contribution in [0.2, 0.25) is 25.7 Å². The molecule has 0 N–H and O–H groups in total. The van der Waals surface area contributed by atoms with Crippen molar-refractivity contribution in [3.05, 3.63) is 24.5 Å². The molecule has 2 fully saturated rings. The van der Waals surface area contributed by atoms with Gasteiger partial charge in [0.1, 0.15) is 18.0 Å². The Morgan fingerprint density at radius 3 is 2.47 bits per heavy atom. The zero-order chi connectivity index (χ0) is 27.7. The predicted octanol–water partition coefficient (Wildman–Crippen LogP) is 5.08. The second kappa shape index (κ2) is 11.1. The summed E-state index contributed by atoms with van der Waals surface area (Å²) in [6, 6.07) is 4.61. The zero-order valence-corrected chi connectivity index (χ0v) is 24.5. The number of fused-ring (bicyclic) bond motifs is 1. The van der Waals surface area contributed by atoms with E-state index in [2.05, 4.69) is 29.2 Å². The van der Waals surface area contributed by atoms with Crippen molar-refractivity contribution in [3.8, 4) is 0 Å². The molecule has 0 aliphatic carbocycles. The topological polar surface area (TPSA) is 97.2 Å². The second-order valence-electron chi connectivity index (χ2n) is 12.3. The summed E-state index contributed by atoms with van der Waals surface area (Å²) in [5.74, 6) is -0.209. The summed E-state index contributed by atoms with van der Waals surface area (Å²) in [5.41, 5.74) is 1.02. The van der Waals surface area contributed by atoms with Crippen molar-refractivity contribution in [2.75, 3.05) is 37.9 Å². The number of likely N-dealkylation sites (tertiary alicyclic amines) is 1. The van der Waals surface area contributed by atoms with Crippen LogP contribution in [-0.4, -0.2) is 84.0 Å². The number of hydrogen-bond donors (Lipinski definition) is 0. The van der Waals surface area contributed by atoms with Crippen LogP contribution in [-0.2, 0) is 14.3 Å². The van der Waals surface area contributed by atoms with Gasteiger partial charge in [0.15, 0.2) is 0 Å². The number of nitrogens with zero attached hydrogens (tertiary/aromatic N) is 5. The fourth-order valence-corrected chi connectivity index (χ4v) is 5.56. The summed E-state index contributed by atoms with van der Waals surface area (Å²) in [6.07, 6.45) is 5.26. The van der Waals surface area contributed by atoms with E-state index in [-0.39, 0.29) is 37.2 Å². The lowest BCUT2D eigenvalue weighted by molar-refractivity contribution is -0.133. The highest BCUT2D eigenvalue weighted by Crippen LogP contribution is 2.33. The molecule has 2 aliphatic heterocycles. The quantitative estimate of drug-likeness (QED) is 0.357. The van der Waals surface area contributed by atoms with E-state index in [9.17, 15) is 14.4 Å². The minimum absolute atomic E-state index is 0.0237. The van der Waals surface area contributed by atoms with Crippen molar-refractivity contribution in [1.29, 1.82) is 0 Å². The lowest BCUT2D eigenvalue weighted by Crippen LogP contribution is -2.53. The highest BCUT2D eigenvalue weighted by Gasteiger charge is 2.34. The molecule has 0 saturated carbocycles. The molecule has 11 heteroatoms. The third-order valence-corrected chi connectivity index (χ3v) is 8.63. The molecular weight excluding hydrogens is 502 g/mol. The number of aromatic nitrogens is 2. The fourth-order valence-electron chi connectivity index (χ4n) is 4.80. The van der Waals surface area contributed by atoms with E-state index < -0.39 is 13.7 Å². The average molecular weight is 544 g/mol. The third-order valence-electron chi connectivity index (χ3n) is 6.92. The second-order valence-corrected chi connectivity index (χ2v) is 18.0. The maximum atomic E-state index is 13.4. The van der Waals surface area contributed by atoms with Crippen molar-refractivity contribution in [2.45, 2.75) is 77.4 Å². The molecule has 2 saturated heterocycles. The molecule has 0 aromatic carbocycles. The van der Waals surface area contributed by atoms with Crippen molar-refractivity contribution < 1.29 is 23.9 Å². The number of pyridine rings is 1. The Hall–Kier alpha value is -2.92. The van der Waals surface area contributed by atoms with Crippen LogP contribution in [0.4, 0.5) is 15.3 Å². The maximum absolute atomic E-state index is 13.4. The first-order chi connectivity index (χ1) is 17.8. The standard InChI is InChI=1S/C27H41N5O5Si/c1-27(2,3)37-26(35)29-13-8-20(9-14-29)30-15-10-21-22(7-12-28-24(21)30)31-16-11-23(33)32(25(31)34)19-36-17-18-38(4,5)6/h7,10,12,15,20H,8-9,11,13-14,16-19H2,1-6H3. The third kappa shape index (κ3) is 6.55. The Bertz CT molecular complexity index is 1180. The number of hydrogen-bond acceptors (Lipinski definition) is 6. The number of carbonyl (C=O) groups is 3. The molecule has 38 heavy (non-hydrogen) atoms. The highest BCUT2D eigenvalue weighted by atomic mass is 28.3. The van der Waals surface area contributed by atoms with Gasteiger partial charge < -0.3 is 18.9 Å². The van der Waals surface area contributed by atoms with Gasteiger partial charge in [-0.05, 0) is 51.8 Å². The van der Waals surface area contributed by atoms with Crippen LogP contribution in [0.25, 0.3) is 11.0 Å². The largest absolute Gasteiger partial charge is 0.444 e. The monoisotopic (exact) mass is 543 g/mol. The molecule has 2 aromatic rings. The van der Waals surface area contributed by atoms with Crippen LogP contribution in [0.5, 0.6) is 0 Å².